The fourth-order valence-electron chi connectivity index (χ4n) is 2.49. The minimum atomic E-state index is -1.27. The van der Waals surface area contributed by atoms with Crippen molar-refractivity contribution >= 4 is 17.3 Å². The van der Waals surface area contributed by atoms with Crippen molar-refractivity contribution in [2.75, 3.05) is 11.6 Å². The van der Waals surface area contributed by atoms with E-state index in [1.54, 1.807) is 18.2 Å². The van der Waals surface area contributed by atoms with Gasteiger partial charge in [0, 0.05) is 10.6 Å². The maximum atomic E-state index is 10.9. The molecule has 1 aliphatic heterocycles. The third kappa shape index (κ3) is 1.80. The second-order valence-corrected chi connectivity index (χ2v) is 4.96. The molecule has 0 saturated heterocycles. The second-order valence-electron chi connectivity index (χ2n) is 4.53. The zero-order chi connectivity index (χ0) is 13.5. The first kappa shape index (κ1) is 12.1. The predicted octanol–water partition coefficient (Wildman–Crippen LogP) is 3.08. The van der Waals surface area contributed by atoms with E-state index in [9.17, 15) is 10.0 Å². The molecule has 19 heavy (non-hydrogen) atoms. The van der Waals surface area contributed by atoms with Crippen LogP contribution in [0.2, 0.25) is 5.02 Å². The van der Waals surface area contributed by atoms with Crippen LogP contribution in [0, 0.1) is 4.91 Å². The Balaban J connectivity index is 2.21. The first-order valence-corrected chi connectivity index (χ1v) is 6.22. The van der Waals surface area contributed by atoms with Gasteiger partial charge >= 0.3 is 0 Å². The Morgan fingerprint density at radius 3 is 2.63 bits per heavy atom. The minimum Gasteiger partial charge on any atom is -0.378 e. The van der Waals surface area contributed by atoms with Gasteiger partial charge in [0.1, 0.15) is 5.60 Å². The predicted molar refractivity (Wildman–Crippen MR) is 74.0 cm³/mol. The molecule has 0 spiro atoms. The van der Waals surface area contributed by atoms with Crippen LogP contribution in [0.15, 0.2) is 53.8 Å². The van der Waals surface area contributed by atoms with E-state index in [4.69, 9.17) is 11.6 Å². The molecule has 3 rings (SSSR count). The first-order valence-electron chi connectivity index (χ1n) is 5.84. The number of rotatable bonds is 2. The van der Waals surface area contributed by atoms with Gasteiger partial charge < -0.3 is 5.11 Å². The van der Waals surface area contributed by atoms with Gasteiger partial charge in [0.2, 0.25) is 0 Å². The number of anilines is 1. The van der Waals surface area contributed by atoms with Crippen molar-refractivity contribution in [1.82, 2.24) is 0 Å². The highest BCUT2D eigenvalue weighted by molar-refractivity contribution is 6.30. The largest absolute Gasteiger partial charge is 0.378 e. The molecule has 0 radical (unpaired) electrons. The number of fused-ring (bicyclic) bond motifs is 1. The Labute approximate surface area is 115 Å². The van der Waals surface area contributed by atoms with Crippen LogP contribution in [0.25, 0.3) is 0 Å². The molecule has 1 aliphatic rings. The summed E-state index contributed by atoms with van der Waals surface area (Å²) in [6, 6.07) is 14.2. The van der Waals surface area contributed by atoms with Crippen LogP contribution in [0.3, 0.4) is 0 Å². The Hall–Kier alpha value is -1.91. The number of halogens is 1. The number of nitroso groups, excluding NO2 is 1. The molecule has 0 aliphatic carbocycles. The van der Waals surface area contributed by atoms with E-state index >= 15 is 0 Å². The van der Waals surface area contributed by atoms with Crippen LogP contribution in [0.1, 0.15) is 11.1 Å². The van der Waals surface area contributed by atoms with E-state index in [1.807, 2.05) is 30.3 Å². The number of β-amino-alcohol motifs (C(OH)–C–C–N with tert-alkyl or cyclic N) is 1. The van der Waals surface area contributed by atoms with Gasteiger partial charge in [-0.15, -0.1) is 4.91 Å². The Morgan fingerprint density at radius 1 is 1.21 bits per heavy atom. The van der Waals surface area contributed by atoms with Gasteiger partial charge in [-0.3, -0.25) is 0 Å². The van der Waals surface area contributed by atoms with Crippen LogP contribution in [0.4, 0.5) is 5.69 Å². The molecule has 1 unspecified atom stereocenters. The summed E-state index contributed by atoms with van der Waals surface area (Å²) in [5.41, 5.74) is 0.635. The Bertz CT molecular complexity index is 633. The molecule has 0 amide bonds. The van der Waals surface area contributed by atoms with Crippen molar-refractivity contribution in [3.63, 3.8) is 0 Å². The molecule has 1 atom stereocenters. The molecule has 96 valence electrons. The monoisotopic (exact) mass is 274 g/mol. The normalized spacial score (nSPS) is 21.3. The topological polar surface area (TPSA) is 52.9 Å². The van der Waals surface area contributed by atoms with Crippen LogP contribution < -0.4 is 5.01 Å². The summed E-state index contributed by atoms with van der Waals surface area (Å²) in [6.45, 7) is 0.0934. The highest BCUT2D eigenvalue weighted by atomic mass is 35.5. The van der Waals surface area contributed by atoms with Crippen LogP contribution in [-0.4, -0.2) is 11.7 Å². The molecule has 2 aromatic rings. The first-order chi connectivity index (χ1) is 9.15. The summed E-state index contributed by atoms with van der Waals surface area (Å²) in [5.74, 6) is 0. The molecule has 2 aromatic carbocycles. The molecule has 1 heterocycles. The Morgan fingerprint density at radius 2 is 1.95 bits per heavy atom. The summed E-state index contributed by atoms with van der Waals surface area (Å²) in [5, 5.41) is 15.7. The van der Waals surface area contributed by atoms with Crippen molar-refractivity contribution in [3.05, 3.63) is 69.6 Å². The SMILES string of the molecule is O=NN1CC(O)(c2ccccc2)c2cc(Cl)ccc21. The second kappa shape index (κ2) is 4.33. The average Bonchev–Trinajstić information content (AvgIpc) is 2.74. The van der Waals surface area contributed by atoms with Gasteiger partial charge in [-0.2, -0.15) is 0 Å². The number of hydrogen-bond acceptors (Lipinski definition) is 3. The zero-order valence-corrected chi connectivity index (χ0v) is 10.7. The average molecular weight is 275 g/mol. The van der Waals surface area contributed by atoms with Crippen molar-refractivity contribution in [1.29, 1.82) is 0 Å². The summed E-state index contributed by atoms with van der Waals surface area (Å²) < 4.78 is 0. The number of hydrogen-bond donors (Lipinski definition) is 1. The van der Waals surface area contributed by atoms with Crippen LogP contribution in [0.5, 0.6) is 0 Å². The van der Waals surface area contributed by atoms with Gasteiger partial charge in [-0.25, -0.2) is 5.01 Å². The minimum absolute atomic E-state index is 0.0934. The molecule has 0 aromatic heterocycles. The van der Waals surface area contributed by atoms with Crippen molar-refractivity contribution in [2.45, 2.75) is 5.60 Å². The van der Waals surface area contributed by atoms with Gasteiger partial charge in [-0.05, 0) is 23.8 Å². The molecule has 5 heteroatoms. The summed E-state index contributed by atoms with van der Waals surface area (Å²) >= 11 is 5.99. The van der Waals surface area contributed by atoms with Gasteiger partial charge in [-0.1, -0.05) is 41.9 Å². The zero-order valence-electron chi connectivity index (χ0n) is 9.95. The quantitative estimate of drug-likeness (QED) is 0.856. The van der Waals surface area contributed by atoms with E-state index in [2.05, 4.69) is 5.29 Å². The summed E-state index contributed by atoms with van der Waals surface area (Å²) in [4.78, 5) is 10.9. The van der Waals surface area contributed by atoms with Gasteiger partial charge in [0.05, 0.1) is 17.5 Å². The lowest BCUT2D eigenvalue weighted by atomic mass is 9.88. The van der Waals surface area contributed by atoms with Gasteiger partial charge in [0.25, 0.3) is 0 Å². The number of aliphatic hydroxyl groups is 1. The molecular formula is C14H11ClN2O2. The van der Waals surface area contributed by atoms with Crippen molar-refractivity contribution in [2.24, 2.45) is 5.29 Å². The van der Waals surface area contributed by atoms with E-state index in [-0.39, 0.29) is 6.54 Å². The number of nitrogens with zero attached hydrogens (tertiary/aromatic N) is 2. The van der Waals surface area contributed by atoms with Crippen LogP contribution in [-0.2, 0) is 5.60 Å². The van der Waals surface area contributed by atoms with E-state index in [0.717, 1.165) is 0 Å². The molecule has 4 nitrogen and oxygen atoms in total. The highest BCUT2D eigenvalue weighted by Gasteiger charge is 2.43. The van der Waals surface area contributed by atoms with Crippen molar-refractivity contribution in [3.8, 4) is 0 Å². The maximum Gasteiger partial charge on any atom is 0.136 e. The lowest BCUT2D eigenvalue weighted by Crippen LogP contribution is -2.32. The summed E-state index contributed by atoms with van der Waals surface area (Å²) in [6.07, 6.45) is 0. The molecule has 0 bridgehead atoms. The van der Waals surface area contributed by atoms with Crippen LogP contribution >= 0.6 is 11.6 Å². The third-order valence-corrected chi connectivity index (χ3v) is 3.65. The Kier molecular flexibility index (Phi) is 2.77. The molecule has 0 fully saturated rings. The van der Waals surface area contributed by atoms with E-state index in [1.165, 1.54) is 5.01 Å². The molecule has 1 N–H and O–H groups in total. The van der Waals surface area contributed by atoms with Gasteiger partial charge in [0.15, 0.2) is 0 Å². The fraction of sp³-hybridized carbons (Fsp3) is 0.143. The maximum absolute atomic E-state index is 10.9. The third-order valence-electron chi connectivity index (χ3n) is 3.41. The molecule has 0 saturated carbocycles. The van der Waals surface area contributed by atoms with E-state index < -0.39 is 5.60 Å². The fourth-order valence-corrected chi connectivity index (χ4v) is 2.66. The summed E-state index contributed by atoms with van der Waals surface area (Å²) in [7, 11) is 0. The van der Waals surface area contributed by atoms with Crippen molar-refractivity contribution < 1.29 is 5.11 Å². The lowest BCUT2D eigenvalue weighted by Gasteiger charge is -2.23. The highest BCUT2D eigenvalue weighted by Crippen LogP contribution is 2.44. The smallest absolute Gasteiger partial charge is 0.136 e. The standard InChI is InChI=1S/C14H11ClN2O2/c15-11-6-7-13-12(8-11)14(18,9-17(13)16-19)10-4-2-1-3-5-10/h1-8,18H,9H2. The van der Waals surface area contributed by atoms with E-state index in [0.29, 0.717) is 21.8 Å². The number of benzene rings is 2. The lowest BCUT2D eigenvalue weighted by molar-refractivity contribution is 0.0981. The molecular weight excluding hydrogens is 264 g/mol.